The second kappa shape index (κ2) is 10.9. The first-order chi connectivity index (χ1) is 17.7. The van der Waals surface area contributed by atoms with Crippen molar-refractivity contribution in [3.63, 3.8) is 0 Å². The first-order valence-corrected chi connectivity index (χ1v) is 14.3. The Morgan fingerprint density at radius 2 is 1.14 bits per heavy atom. The van der Waals surface area contributed by atoms with E-state index in [0.29, 0.717) is 24.2 Å². The lowest BCUT2D eigenvalue weighted by molar-refractivity contribution is -0.121. The first-order valence-electron chi connectivity index (χ1n) is 14.3. The summed E-state index contributed by atoms with van der Waals surface area (Å²) in [6, 6.07) is 23.8. The molecule has 0 saturated carbocycles. The molecule has 200 valence electrons. The molecule has 5 heteroatoms. The van der Waals surface area contributed by atoms with Gasteiger partial charge in [-0.25, -0.2) is 0 Å². The number of hydrogen-bond donors (Lipinski definition) is 2. The lowest BCUT2D eigenvalue weighted by atomic mass is 9.84. The second-order valence-electron chi connectivity index (χ2n) is 12.6. The predicted octanol–water partition coefficient (Wildman–Crippen LogP) is 5.27. The highest BCUT2D eigenvalue weighted by Gasteiger charge is 2.46. The van der Waals surface area contributed by atoms with Gasteiger partial charge in [0.1, 0.15) is 0 Å². The summed E-state index contributed by atoms with van der Waals surface area (Å²) in [7, 11) is 0. The number of hydrogen-bond acceptors (Lipinski definition) is 4. The zero-order chi connectivity index (χ0) is 26.0. The Hall–Kier alpha value is -2.21. The Morgan fingerprint density at radius 3 is 1.51 bits per heavy atom. The van der Waals surface area contributed by atoms with Crippen LogP contribution in [0, 0.1) is 0 Å². The van der Waals surface area contributed by atoms with E-state index >= 15 is 0 Å². The van der Waals surface area contributed by atoms with Gasteiger partial charge in [-0.2, -0.15) is 0 Å². The molecule has 0 radical (unpaired) electrons. The molecule has 2 aromatic carbocycles. The maximum Gasteiger partial charge on any atom is 0.217 e. The number of aliphatic hydroxyl groups is 1. The van der Waals surface area contributed by atoms with Gasteiger partial charge in [-0.1, -0.05) is 60.7 Å². The number of amides is 1. The highest BCUT2D eigenvalue weighted by atomic mass is 16.3. The van der Waals surface area contributed by atoms with Crippen LogP contribution >= 0.6 is 0 Å². The topological polar surface area (TPSA) is 55.8 Å². The molecule has 4 fully saturated rings. The van der Waals surface area contributed by atoms with Crippen LogP contribution in [0.15, 0.2) is 60.7 Å². The number of rotatable bonds is 5. The van der Waals surface area contributed by atoms with Crippen molar-refractivity contribution < 1.29 is 9.90 Å². The number of carbonyl (C=O) groups excluding carboxylic acids is 1. The van der Waals surface area contributed by atoms with Crippen LogP contribution in [0.1, 0.15) is 83.3 Å². The van der Waals surface area contributed by atoms with Gasteiger partial charge in [-0.05, 0) is 76.3 Å². The minimum atomic E-state index is -0.432. The molecule has 4 aliphatic rings. The summed E-state index contributed by atoms with van der Waals surface area (Å²) < 4.78 is 0. The monoisotopic (exact) mass is 503 g/mol. The van der Waals surface area contributed by atoms with Gasteiger partial charge >= 0.3 is 0 Å². The molecule has 5 nitrogen and oxygen atoms in total. The van der Waals surface area contributed by atoms with Gasteiger partial charge in [-0.3, -0.25) is 14.6 Å². The largest absolute Gasteiger partial charge is 0.390 e. The predicted molar refractivity (Wildman–Crippen MR) is 149 cm³/mol. The summed E-state index contributed by atoms with van der Waals surface area (Å²) in [5.74, 6) is 0.100. The normalized spacial score (nSPS) is 35.0. The Kier molecular flexibility index (Phi) is 7.76. The number of piperidine rings is 2. The van der Waals surface area contributed by atoms with Crippen LogP contribution in [0.3, 0.4) is 0 Å². The van der Waals surface area contributed by atoms with E-state index in [9.17, 15) is 9.90 Å². The fraction of sp³-hybridized carbons (Fsp3) is 0.594. The average Bonchev–Trinajstić information content (AvgIpc) is 3.24. The smallest absolute Gasteiger partial charge is 0.217 e. The third kappa shape index (κ3) is 6.45. The van der Waals surface area contributed by atoms with Crippen molar-refractivity contribution in [2.45, 2.75) is 121 Å². The summed E-state index contributed by atoms with van der Waals surface area (Å²) in [5.41, 5.74) is 2.35. The summed E-state index contributed by atoms with van der Waals surface area (Å²) in [5, 5.41) is 13.4. The highest BCUT2D eigenvalue weighted by Crippen LogP contribution is 2.42. The molecular formula is C32H45N3O2. The Labute approximate surface area is 223 Å². The molecule has 5 atom stereocenters. The molecular weight excluding hydrogens is 458 g/mol. The minimum Gasteiger partial charge on any atom is -0.390 e. The van der Waals surface area contributed by atoms with E-state index in [1.54, 1.807) is 6.92 Å². The van der Waals surface area contributed by atoms with Crippen LogP contribution in [0.25, 0.3) is 0 Å². The van der Waals surface area contributed by atoms with Gasteiger partial charge in [0, 0.05) is 49.7 Å². The fourth-order valence-corrected chi connectivity index (χ4v) is 7.76. The lowest BCUT2D eigenvalue weighted by Gasteiger charge is -2.45. The van der Waals surface area contributed by atoms with Gasteiger partial charge in [0.15, 0.2) is 0 Å². The zero-order valence-corrected chi connectivity index (χ0v) is 22.9. The average molecular weight is 504 g/mol. The van der Waals surface area contributed by atoms with Crippen molar-refractivity contribution in [2.75, 3.05) is 0 Å². The Bertz CT molecular complexity index is 1010. The quantitative estimate of drug-likeness (QED) is 0.584. The standard InChI is InChI=1S/C17H24N2O.C15H21NO/c1-13(20)18-17(2)10-15-8-9-16(11-17)19(15)12-14-6-4-3-5-7-14;1-15(17)9-13-7-8-14(10-15)16(13)11-12-5-3-2-4-6-12/h3-7,15-16H,8-12H2,1-2H3,(H,18,20);2-6,13-14,17H,7-11H2,1H3/t15-,16+,17?;. The van der Waals surface area contributed by atoms with Crippen LogP contribution < -0.4 is 5.32 Å². The van der Waals surface area contributed by atoms with Crippen LogP contribution in [0.4, 0.5) is 0 Å². The molecule has 2 aromatic rings. The Morgan fingerprint density at radius 1 is 0.757 bits per heavy atom. The highest BCUT2D eigenvalue weighted by molar-refractivity contribution is 5.73. The van der Waals surface area contributed by atoms with Crippen LogP contribution in [-0.2, 0) is 17.9 Å². The van der Waals surface area contributed by atoms with E-state index in [-0.39, 0.29) is 11.4 Å². The van der Waals surface area contributed by atoms with E-state index in [0.717, 1.165) is 38.8 Å². The van der Waals surface area contributed by atoms with E-state index < -0.39 is 5.60 Å². The van der Waals surface area contributed by atoms with E-state index in [4.69, 9.17) is 0 Å². The maximum absolute atomic E-state index is 11.4. The molecule has 2 N–H and O–H groups in total. The molecule has 6 rings (SSSR count). The second-order valence-corrected chi connectivity index (χ2v) is 12.6. The number of carbonyl (C=O) groups is 1. The zero-order valence-electron chi connectivity index (χ0n) is 22.9. The summed E-state index contributed by atoms with van der Waals surface area (Å²) in [4.78, 5) is 16.7. The van der Waals surface area contributed by atoms with Crippen molar-refractivity contribution in [3.05, 3.63) is 71.8 Å². The van der Waals surface area contributed by atoms with E-state index in [1.165, 1.54) is 36.8 Å². The van der Waals surface area contributed by atoms with Crippen molar-refractivity contribution in [2.24, 2.45) is 0 Å². The molecule has 4 saturated heterocycles. The number of benzene rings is 2. The van der Waals surface area contributed by atoms with E-state index in [2.05, 4.69) is 82.7 Å². The summed E-state index contributed by atoms with van der Waals surface area (Å²) >= 11 is 0. The van der Waals surface area contributed by atoms with Gasteiger partial charge < -0.3 is 10.4 Å². The molecule has 3 unspecified atom stereocenters. The lowest BCUT2D eigenvalue weighted by Crippen LogP contribution is -2.56. The Balaban J connectivity index is 0.000000153. The maximum atomic E-state index is 11.4. The number of nitrogens with zero attached hydrogens (tertiary/aromatic N) is 2. The summed E-state index contributed by atoms with van der Waals surface area (Å²) in [6.45, 7) is 7.93. The van der Waals surface area contributed by atoms with Gasteiger partial charge in [0.05, 0.1) is 5.60 Å². The molecule has 4 heterocycles. The third-order valence-electron chi connectivity index (χ3n) is 9.16. The molecule has 0 aliphatic carbocycles. The first kappa shape index (κ1) is 26.4. The van der Waals surface area contributed by atoms with Crippen LogP contribution in [-0.4, -0.2) is 56.1 Å². The number of nitrogens with one attached hydrogen (secondary N) is 1. The SMILES string of the molecule is CC(=O)NC1(C)C[C@H]2CC[C@@H](C1)N2Cc1ccccc1.CC1(O)CC2CCC(C1)N2Cc1ccccc1. The van der Waals surface area contributed by atoms with Gasteiger partial charge in [-0.15, -0.1) is 0 Å². The van der Waals surface area contributed by atoms with Gasteiger partial charge in [0.25, 0.3) is 0 Å². The third-order valence-corrected chi connectivity index (χ3v) is 9.16. The van der Waals surface area contributed by atoms with Crippen molar-refractivity contribution in [3.8, 4) is 0 Å². The van der Waals surface area contributed by atoms with Crippen molar-refractivity contribution >= 4 is 5.91 Å². The minimum absolute atomic E-state index is 0.00907. The van der Waals surface area contributed by atoms with Gasteiger partial charge in [0.2, 0.25) is 5.91 Å². The summed E-state index contributed by atoms with van der Waals surface area (Å²) in [6.07, 6.45) is 9.10. The molecule has 37 heavy (non-hydrogen) atoms. The van der Waals surface area contributed by atoms with Crippen molar-refractivity contribution in [1.29, 1.82) is 0 Å². The number of fused-ring (bicyclic) bond motifs is 4. The molecule has 0 spiro atoms. The molecule has 4 aliphatic heterocycles. The van der Waals surface area contributed by atoms with E-state index in [1.807, 2.05) is 6.92 Å². The molecule has 0 aromatic heterocycles. The van der Waals surface area contributed by atoms with Crippen molar-refractivity contribution in [1.82, 2.24) is 15.1 Å². The fourth-order valence-electron chi connectivity index (χ4n) is 7.76. The van der Waals surface area contributed by atoms with Crippen LogP contribution in [0.5, 0.6) is 0 Å². The molecule has 4 bridgehead atoms. The molecule has 1 amide bonds. The van der Waals surface area contributed by atoms with Crippen LogP contribution in [0.2, 0.25) is 0 Å².